The Morgan fingerprint density at radius 3 is 2.90 bits per heavy atom. The largest absolute Gasteiger partial charge is 0.366 e. The van der Waals surface area contributed by atoms with Gasteiger partial charge in [-0.2, -0.15) is 5.10 Å². The Balaban J connectivity index is 2.03. The van der Waals surface area contributed by atoms with E-state index < -0.39 is 11.7 Å². The quantitative estimate of drug-likeness (QED) is 0.864. The van der Waals surface area contributed by atoms with Crippen molar-refractivity contribution in [3.63, 3.8) is 0 Å². The lowest BCUT2D eigenvalue weighted by molar-refractivity contribution is -0.113. The molecule has 1 aliphatic rings. The molecule has 2 heterocycles. The molecule has 20 heavy (non-hydrogen) atoms. The number of hydrogen-bond acceptors (Lipinski definition) is 3. The molecule has 5 nitrogen and oxygen atoms in total. The smallest absolute Gasteiger partial charge is 0.241 e. The van der Waals surface area contributed by atoms with Gasteiger partial charge in [0.15, 0.2) is 0 Å². The summed E-state index contributed by atoms with van der Waals surface area (Å²) >= 11 is 0. The lowest BCUT2D eigenvalue weighted by Crippen LogP contribution is -2.05. The third-order valence-electron chi connectivity index (χ3n) is 3.17. The molecule has 0 saturated heterocycles. The van der Waals surface area contributed by atoms with Gasteiger partial charge in [0, 0.05) is 35.2 Å². The molecule has 6 heteroatoms. The van der Waals surface area contributed by atoms with E-state index in [-0.39, 0.29) is 0 Å². The van der Waals surface area contributed by atoms with E-state index >= 15 is 0 Å². The molecule has 102 valence electrons. The van der Waals surface area contributed by atoms with Crippen molar-refractivity contribution in [1.82, 2.24) is 14.8 Å². The lowest BCUT2D eigenvalue weighted by Gasteiger charge is -2.04. The first-order valence-corrected chi connectivity index (χ1v) is 6.30. The summed E-state index contributed by atoms with van der Waals surface area (Å²) in [5.74, 6) is -1.04. The highest BCUT2D eigenvalue weighted by molar-refractivity contribution is 5.91. The maximum atomic E-state index is 14.0. The summed E-state index contributed by atoms with van der Waals surface area (Å²) in [7, 11) is 0. The summed E-state index contributed by atoms with van der Waals surface area (Å²) in [5, 5.41) is 4.25. The van der Waals surface area contributed by atoms with Crippen LogP contribution in [0.1, 0.15) is 24.4 Å². The first kappa shape index (κ1) is 12.5. The Bertz CT molecular complexity index is 688. The molecule has 1 fully saturated rings. The Morgan fingerprint density at radius 1 is 1.40 bits per heavy atom. The van der Waals surface area contributed by atoms with Gasteiger partial charge < -0.3 is 5.73 Å². The van der Waals surface area contributed by atoms with E-state index in [0.29, 0.717) is 22.7 Å². The van der Waals surface area contributed by atoms with Crippen molar-refractivity contribution in [2.75, 3.05) is 0 Å². The second-order valence-electron chi connectivity index (χ2n) is 4.76. The topological polar surface area (TPSA) is 73.8 Å². The fourth-order valence-corrected chi connectivity index (χ4v) is 2.06. The van der Waals surface area contributed by atoms with Crippen LogP contribution in [0.2, 0.25) is 0 Å². The first-order chi connectivity index (χ1) is 9.65. The van der Waals surface area contributed by atoms with Crippen LogP contribution in [0, 0.1) is 5.82 Å². The van der Waals surface area contributed by atoms with Crippen LogP contribution >= 0.6 is 0 Å². The number of nitrogens with two attached hydrogens (primary N) is 1. The zero-order chi connectivity index (χ0) is 14.1. The number of carbonyl (C=O) groups excluding carboxylic acids is 1. The molecular formula is C14H13FN4O. The van der Waals surface area contributed by atoms with Crippen molar-refractivity contribution < 1.29 is 9.18 Å². The maximum Gasteiger partial charge on any atom is 0.241 e. The van der Waals surface area contributed by atoms with Gasteiger partial charge in [-0.05, 0) is 18.9 Å². The molecule has 1 amide bonds. The van der Waals surface area contributed by atoms with E-state index in [1.165, 1.54) is 18.3 Å². The maximum absolute atomic E-state index is 14.0. The van der Waals surface area contributed by atoms with Gasteiger partial charge in [0.2, 0.25) is 5.91 Å². The number of rotatable bonds is 4. The minimum absolute atomic E-state index is 0.379. The SMILES string of the molecule is NC(=O)C=Cc1cncc(F)c1-c1cnn(C2CC2)c1. The number of halogens is 1. The van der Waals surface area contributed by atoms with E-state index in [1.807, 2.05) is 10.9 Å². The van der Waals surface area contributed by atoms with Crippen LogP contribution in [-0.4, -0.2) is 20.7 Å². The molecule has 1 aliphatic carbocycles. The van der Waals surface area contributed by atoms with Crippen LogP contribution in [-0.2, 0) is 4.79 Å². The van der Waals surface area contributed by atoms with Gasteiger partial charge in [0.05, 0.1) is 18.4 Å². The minimum atomic E-state index is -0.589. The first-order valence-electron chi connectivity index (χ1n) is 6.30. The zero-order valence-corrected chi connectivity index (χ0v) is 10.7. The van der Waals surface area contributed by atoms with Crippen LogP contribution in [0.25, 0.3) is 17.2 Å². The summed E-state index contributed by atoms with van der Waals surface area (Å²) in [6.45, 7) is 0. The number of hydrogen-bond donors (Lipinski definition) is 1. The van der Waals surface area contributed by atoms with Crippen LogP contribution in [0.5, 0.6) is 0 Å². The molecule has 2 aromatic rings. The molecule has 2 N–H and O–H groups in total. The van der Waals surface area contributed by atoms with Gasteiger partial charge >= 0.3 is 0 Å². The van der Waals surface area contributed by atoms with Gasteiger partial charge in [-0.1, -0.05) is 0 Å². The highest BCUT2D eigenvalue weighted by Crippen LogP contribution is 2.36. The normalized spacial score (nSPS) is 14.8. The fraction of sp³-hybridized carbons (Fsp3) is 0.214. The number of primary amides is 1. The molecule has 1 saturated carbocycles. The van der Waals surface area contributed by atoms with E-state index in [2.05, 4.69) is 10.1 Å². The van der Waals surface area contributed by atoms with E-state index in [4.69, 9.17) is 5.73 Å². The molecule has 0 aromatic carbocycles. The minimum Gasteiger partial charge on any atom is -0.366 e. The Kier molecular flexibility index (Phi) is 3.06. The molecule has 0 aliphatic heterocycles. The molecule has 0 bridgehead atoms. The second kappa shape index (κ2) is 4.88. The van der Waals surface area contributed by atoms with Crippen LogP contribution in [0.15, 0.2) is 30.9 Å². The van der Waals surface area contributed by atoms with E-state index in [1.54, 1.807) is 6.20 Å². The summed E-state index contributed by atoms with van der Waals surface area (Å²) in [6.07, 6.45) is 10.9. The van der Waals surface area contributed by atoms with Crippen LogP contribution in [0.3, 0.4) is 0 Å². The van der Waals surface area contributed by atoms with E-state index in [0.717, 1.165) is 19.0 Å². The average Bonchev–Trinajstić information content (AvgIpc) is 3.15. The highest BCUT2D eigenvalue weighted by Gasteiger charge is 2.25. The van der Waals surface area contributed by atoms with E-state index in [9.17, 15) is 9.18 Å². The van der Waals surface area contributed by atoms with Crippen molar-refractivity contribution in [2.24, 2.45) is 5.73 Å². The van der Waals surface area contributed by atoms with Crippen LogP contribution < -0.4 is 5.73 Å². The predicted octanol–water partition coefficient (Wildman–Crippen LogP) is 1.92. The molecule has 0 unspecified atom stereocenters. The lowest BCUT2D eigenvalue weighted by atomic mass is 10.0. The third kappa shape index (κ3) is 2.45. The molecule has 2 aromatic heterocycles. The van der Waals surface area contributed by atoms with Crippen LogP contribution in [0.4, 0.5) is 4.39 Å². The third-order valence-corrected chi connectivity index (χ3v) is 3.17. The number of carbonyl (C=O) groups is 1. The fourth-order valence-electron chi connectivity index (χ4n) is 2.06. The summed E-state index contributed by atoms with van der Waals surface area (Å²) < 4.78 is 15.9. The number of pyridine rings is 1. The van der Waals surface area contributed by atoms with Crippen molar-refractivity contribution in [2.45, 2.75) is 18.9 Å². The van der Waals surface area contributed by atoms with Gasteiger partial charge in [-0.25, -0.2) is 4.39 Å². The Hall–Kier alpha value is -2.50. The van der Waals surface area contributed by atoms with Gasteiger partial charge in [-0.3, -0.25) is 14.5 Å². The zero-order valence-electron chi connectivity index (χ0n) is 10.7. The van der Waals surface area contributed by atoms with Crippen molar-refractivity contribution in [3.05, 3.63) is 42.2 Å². The molecular weight excluding hydrogens is 259 g/mol. The Morgan fingerprint density at radius 2 is 2.20 bits per heavy atom. The number of aromatic nitrogens is 3. The van der Waals surface area contributed by atoms with Gasteiger partial charge in [-0.15, -0.1) is 0 Å². The molecule has 3 rings (SSSR count). The van der Waals surface area contributed by atoms with Gasteiger partial charge in [0.25, 0.3) is 0 Å². The molecule has 0 radical (unpaired) electrons. The average molecular weight is 272 g/mol. The van der Waals surface area contributed by atoms with Crippen molar-refractivity contribution in [3.8, 4) is 11.1 Å². The summed E-state index contributed by atoms with van der Waals surface area (Å²) in [4.78, 5) is 14.6. The number of amides is 1. The second-order valence-corrected chi connectivity index (χ2v) is 4.76. The summed E-state index contributed by atoms with van der Waals surface area (Å²) in [6, 6.07) is 0.429. The predicted molar refractivity (Wildman–Crippen MR) is 71.9 cm³/mol. The monoisotopic (exact) mass is 272 g/mol. The van der Waals surface area contributed by atoms with Crippen molar-refractivity contribution in [1.29, 1.82) is 0 Å². The van der Waals surface area contributed by atoms with Gasteiger partial charge in [0.1, 0.15) is 5.82 Å². The standard InChI is InChI=1S/C14H13FN4O/c15-12-7-17-5-9(1-4-13(16)20)14(12)10-6-18-19(8-10)11-2-3-11/h1,4-8,11H,2-3H2,(H2,16,20). The van der Waals surface area contributed by atoms with Crippen molar-refractivity contribution >= 4 is 12.0 Å². The molecule has 0 spiro atoms. The summed E-state index contributed by atoms with van der Waals surface area (Å²) in [5.41, 5.74) is 6.61. The highest BCUT2D eigenvalue weighted by atomic mass is 19.1. The number of nitrogens with zero attached hydrogens (tertiary/aromatic N) is 3. The molecule has 0 atom stereocenters. The Labute approximate surface area is 114 Å².